The number of carbonyl (C=O) groups excluding carboxylic acids is 1. The zero-order chi connectivity index (χ0) is 18.7. The maximum atomic E-state index is 12.4. The van der Waals surface area contributed by atoms with Gasteiger partial charge in [0.25, 0.3) is 0 Å². The second-order valence-corrected chi connectivity index (χ2v) is 8.68. The minimum atomic E-state index is -0.174. The van der Waals surface area contributed by atoms with Crippen LogP contribution in [-0.4, -0.2) is 34.1 Å². The van der Waals surface area contributed by atoms with Gasteiger partial charge >= 0.3 is 6.03 Å². The Morgan fingerprint density at radius 2 is 2.04 bits per heavy atom. The van der Waals surface area contributed by atoms with Gasteiger partial charge in [-0.1, -0.05) is 40.5 Å². The van der Waals surface area contributed by atoms with Crippen molar-refractivity contribution in [1.82, 2.24) is 15.1 Å². The topological polar surface area (TPSA) is 68.2 Å². The Morgan fingerprint density at radius 3 is 2.69 bits per heavy atom. The Bertz CT molecular complexity index is 617. The summed E-state index contributed by atoms with van der Waals surface area (Å²) in [6.45, 7) is 10.0. The van der Waals surface area contributed by atoms with E-state index in [4.69, 9.17) is 4.74 Å². The van der Waals surface area contributed by atoms with Crippen LogP contribution in [0.3, 0.4) is 0 Å². The molecule has 3 rings (SSSR count). The summed E-state index contributed by atoms with van der Waals surface area (Å²) in [5, 5.41) is 10.4. The lowest BCUT2D eigenvalue weighted by atomic mass is 9.98. The van der Waals surface area contributed by atoms with Gasteiger partial charge in [-0.2, -0.15) is 5.10 Å². The normalized spacial score (nSPS) is 21.8. The summed E-state index contributed by atoms with van der Waals surface area (Å²) >= 11 is 0. The number of hydrogen-bond acceptors (Lipinski definition) is 3. The molecule has 1 saturated heterocycles. The SMILES string of the molecule is CC(C)Cn1ncc(NC(=O)NCC2CCC3(CCCC3)O2)c1C(C)C. The van der Waals surface area contributed by atoms with Crippen LogP contribution in [0.1, 0.15) is 77.8 Å². The average molecular weight is 363 g/mol. The van der Waals surface area contributed by atoms with Gasteiger partial charge in [-0.3, -0.25) is 4.68 Å². The van der Waals surface area contributed by atoms with Crippen LogP contribution < -0.4 is 10.6 Å². The van der Waals surface area contributed by atoms with E-state index in [9.17, 15) is 4.79 Å². The molecule has 1 spiro atoms. The molecule has 146 valence electrons. The average Bonchev–Trinajstić information content (AvgIpc) is 3.27. The maximum absolute atomic E-state index is 12.4. The van der Waals surface area contributed by atoms with E-state index >= 15 is 0 Å². The van der Waals surface area contributed by atoms with Crippen molar-refractivity contribution >= 4 is 11.7 Å². The zero-order valence-corrected chi connectivity index (χ0v) is 16.7. The van der Waals surface area contributed by atoms with E-state index in [1.54, 1.807) is 6.20 Å². The predicted molar refractivity (Wildman–Crippen MR) is 103 cm³/mol. The molecule has 2 heterocycles. The molecule has 1 aromatic heterocycles. The molecule has 6 heteroatoms. The van der Waals surface area contributed by atoms with E-state index in [-0.39, 0.29) is 17.7 Å². The number of nitrogens with zero attached hydrogens (tertiary/aromatic N) is 2. The molecular weight excluding hydrogens is 328 g/mol. The highest BCUT2D eigenvalue weighted by Crippen LogP contribution is 2.43. The third kappa shape index (κ3) is 4.40. The molecule has 0 aromatic carbocycles. The lowest BCUT2D eigenvalue weighted by Gasteiger charge is -2.24. The smallest absolute Gasteiger partial charge is 0.319 e. The standard InChI is InChI=1S/C20H34N4O2/c1-14(2)13-24-18(15(3)4)17(12-22-24)23-19(25)21-11-16-7-10-20(26-16)8-5-6-9-20/h12,14-16H,5-11,13H2,1-4H3,(H2,21,23,25). The fraction of sp³-hybridized carbons (Fsp3) is 0.800. The first-order chi connectivity index (χ1) is 12.4. The van der Waals surface area contributed by atoms with Crippen molar-refractivity contribution < 1.29 is 9.53 Å². The predicted octanol–water partition coefficient (Wildman–Crippen LogP) is 4.28. The largest absolute Gasteiger partial charge is 0.370 e. The van der Waals surface area contributed by atoms with Crippen molar-refractivity contribution in [3.8, 4) is 0 Å². The van der Waals surface area contributed by atoms with E-state index in [0.717, 1.165) is 30.8 Å². The Labute approximate surface area is 157 Å². The summed E-state index contributed by atoms with van der Waals surface area (Å²) in [4.78, 5) is 12.4. The van der Waals surface area contributed by atoms with Crippen molar-refractivity contribution in [2.75, 3.05) is 11.9 Å². The molecule has 2 amide bonds. The van der Waals surface area contributed by atoms with Crippen molar-refractivity contribution in [2.24, 2.45) is 5.92 Å². The summed E-state index contributed by atoms with van der Waals surface area (Å²) in [6, 6.07) is -0.174. The zero-order valence-electron chi connectivity index (χ0n) is 16.7. The molecule has 1 atom stereocenters. The van der Waals surface area contributed by atoms with Crippen LogP contribution in [0.5, 0.6) is 0 Å². The first-order valence-corrected chi connectivity index (χ1v) is 10.2. The van der Waals surface area contributed by atoms with Gasteiger partial charge in [-0.15, -0.1) is 0 Å². The fourth-order valence-electron chi connectivity index (χ4n) is 4.39. The molecule has 1 aliphatic heterocycles. The number of anilines is 1. The van der Waals surface area contributed by atoms with Crippen LogP contribution in [0.25, 0.3) is 0 Å². The van der Waals surface area contributed by atoms with Crippen molar-refractivity contribution in [3.63, 3.8) is 0 Å². The van der Waals surface area contributed by atoms with Gasteiger partial charge in [-0.05, 0) is 37.5 Å². The number of urea groups is 1. The molecule has 1 aromatic rings. The lowest BCUT2D eigenvalue weighted by Crippen LogP contribution is -2.36. The van der Waals surface area contributed by atoms with Gasteiger partial charge in [0.05, 0.1) is 29.3 Å². The molecule has 1 aliphatic carbocycles. The monoisotopic (exact) mass is 362 g/mol. The molecule has 2 N–H and O–H groups in total. The van der Waals surface area contributed by atoms with Crippen LogP contribution >= 0.6 is 0 Å². The van der Waals surface area contributed by atoms with E-state index in [1.165, 1.54) is 25.7 Å². The minimum absolute atomic E-state index is 0.117. The Balaban J connectivity index is 1.53. The van der Waals surface area contributed by atoms with Crippen LogP contribution in [0.2, 0.25) is 0 Å². The number of rotatable bonds is 6. The number of ether oxygens (including phenoxy) is 1. The highest BCUT2D eigenvalue weighted by atomic mass is 16.5. The van der Waals surface area contributed by atoms with Crippen LogP contribution in [0, 0.1) is 5.92 Å². The van der Waals surface area contributed by atoms with Gasteiger partial charge in [0, 0.05) is 13.1 Å². The van der Waals surface area contributed by atoms with Crippen molar-refractivity contribution in [1.29, 1.82) is 0 Å². The summed E-state index contributed by atoms with van der Waals surface area (Å²) < 4.78 is 8.27. The second-order valence-electron chi connectivity index (χ2n) is 8.68. The van der Waals surface area contributed by atoms with Crippen LogP contribution in [-0.2, 0) is 11.3 Å². The molecule has 0 bridgehead atoms. The van der Waals surface area contributed by atoms with E-state index < -0.39 is 0 Å². The minimum Gasteiger partial charge on any atom is -0.370 e. The van der Waals surface area contributed by atoms with Gasteiger partial charge in [0.1, 0.15) is 0 Å². The van der Waals surface area contributed by atoms with Crippen molar-refractivity contribution in [2.45, 2.75) is 90.4 Å². The van der Waals surface area contributed by atoms with Crippen LogP contribution in [0.15, 0.2) is 6.20 Å². The third-order valence-corrected chi connectivity index (χ3v) is 5.56. The summed E-state index contributed by atoms with van der Waals surface area (Å²) in [6.07, 6.45) is 9.01. The number of carbonyl (C=O) groups is 1. The van der Waals surface area contributed by atoms with Gasteiger partial charge in [0.2, 0.25) is 0 Å². The number of hydrogen-bond donors (Lipinski definition) is 2. The molecular formula is C20H34N4O2. The lowest BCUT2D eigenvalue weighted by molar-refractivity contribution is -0.0340. The molecule has 2 aliphatic rings. The first kappa shape index (κ1) is 19.2. The Morgan fingerprint density at radius 1 is 1.31 bits per heavy atom. The van der Waals surface area contributed by atoms with Crippen molar-refractivity contribution in [3.05, 3.63) is 11.9 Å². The quantitative estimate of drug-likeness (QED) is 0.794. The highest BCUT2D eigenvalue weighted by molar-refractivity contribution is 5.89. The number of amides is 2. The summed E-state index contributed by atoms with van der Waals surface area (Å²) in [7, 11) is 0. The Kier molecular flexibility index (Phi) is 5.90. The fourth-order valence-corrected chi connectivity index (χ4v) is 4.39. The molecule has 1 saturated carbocycles. The van der Waals surface area contributed by atoms with E-state index in [2.05, 4.69) is 43.4 Å². The summed E-state index contributed by atoms with van der Waals surface area (Å²) in [5.41, 5.74) is 2.00. The van der Waals surface area contributed by atoms with Gasteiger partial charge in [0.15, 0.2) is 0 Å². The van der Waals surface area contributed by atoms with Gasteiger partial charge < -0.3 is 15.4 Å². The first-order valence-electron chi connectivity index (χ1n) is 10.2. The second kappa shape index (κ2) is 7.99. The Hall–Kier alpha value is -1.56. The highest BCUT2D eigenvalue weighted by Gasteiger charge is 2.42. The molecule has 0 radical (unpaired) electrons. The van der Waals surface area contributed by atoms with E-state index in [0.29, 0.717) is 18.4 Å². The molecule has 1 unspecified atom stereocenters. The third-order valence-electron chi connectivity index (χ3n) is 5.56. The van der Waals surface area contributed by atoms with E-state index in [1.807, 2.05) is 4.68 Å². The maximum Gasteiger partial charge on any atom is 0.319 e. The number of aromatic nitrogens is 2. The molecule has 6 nitrogen and oxygen atoms in total. The van der Waals surface area contributed by atoms with Crippen LogP contribution in [0.4, 0.5) is 10.5 Å². The van der Waals surface area contributed by atoms with Gasteiger partial charge in [-0.25, -0.2) is 4.79 Å². The number of nitrogens with one attached hydrogen (secondary N) is 2. The molecule has 2 fully saturated rings. The molecule has 26 heavy (non-hydrogen) atoms. The summed E-state index contributed by atoms with van der Waals surface area (Å²) in [5.74, 6) is 0.809.